The van der Waals surface area contributed by atoms with Gasteiger partial charge in [0, 0.05) is 6.20 Å². The standard InChI is InChI=1S/C21H28N4O5/c1-13(2)10-16(21(28)29-5)24-18(26)12-30-20(27)15-11-23-25(19(15)14(3)4)17-8-6-7-9-22-17/h6-9,11,13-14,16H,10,12H2,1-5H3,(H,24,26). The van der Waals surface area contributed by atoms with Crippen molar-refractivity contribution in [3.8, 4) is 5.82 Å². The molecule has 1 N–H and O–H groups in total. The molecule has 2 aromatic rings. The lowest BCUT2D eigenvalue weighted by Gasteiger charge is -2.18. The molecule has 0 spiro atoms. The van der Waals surface area contributed by atoms with Crippen molar-refractivity contribution in [1.82, 2.24) is 20.1 Å². The van der Waals surface area contributed by atoms with Crippen LogP contribution >= 0.6 is 0 Å². The van der Waals surface area contributed by atoms with Crippen LogP contribution in [0.5, 0.6) is 0 Å². The molecule has 0 aliphatic heterocycles. The maximum absolute atomic E-state index is 12.6. The van der Waals surface area contributed by atoms with Crippen LogP contribution in [0.15, 0.2) is 30.6 Å². The van der Waals surface area contributed by atoms with Gasteiger partial charge in [-0.3, -0.25) is 4.79 Å². The lowest BCUT2D eigenvalue weighted by Crippen LogP contribution is -2.44. The number of aromatic nitrogens is 3. The minimum atomic E-state index is -0.792. The van der Waals surface area contributed by atoms with E-state index in [0.29, 0.717) is 17.9 Å². The van der Waals surface area contributed by atoms with Gasteiger partial charge in [-0.15, -0.1) is 0 Å². The predicted molar refractivity (Wildman–Crippen MR) is 109 cm³/mol. The van der Waals surface area contributed by atoms with Crippen molar-refractivity contribution in [2.75, 3.05) is 13.7 Å². The normalized spacial score (nSPS) is 12.0. The number of hydrogen-bond donors (Lipinski definition) is 1. The molecule has 30 heavy (non-hydrogen) atoms. The zero-order chi connectivity index (χ0) is 22.3. The average Bonchev–Trinajstić information content (AvgIpc) is 3.17. The average molecular weight is 416 g/mol. The van der Waals surface area contributed by atoms with Crippen molar-refractivity contribution in [2.24, 2.45) is 5.92 Å². The molecule has 9 heteroatoms. The summed E-state index contributed by atoms with van der Waals surface area (Å²) in [5, 5.41) is 6.82. The number of esters is 2. The fourth-order valence-corrected chi connectivity index (χ4v) is 3.00. The number of nitrogens with one attached hydrogen (secondary N) is 1. The predicted octanol–water partition coefficient (Wildman–Crippen LogP) is 2.25. The molecule has 0 saturated heterocycles. The summed E-state index contributed by atoms with van der Waals surface area (Å²) < 4.78 is 11.5. The summed E-state index contributed by atoms with van der Waals surface area (Å²) in [5.41, 5.74) is 0.890. The summed E-state index contributed by atoms with van der Waals surface area (Å²) in [4.78, 5) is 40.9. The minimum absolute atomic E-state index is 0.0411. The Hall–Kier alpha value is -3.23. The first kappa shape index (κ1) is 23.1. The Kier molecular flexibility index (Phi) is 8.08. The van der Waals surface area contributed by atoms with Gasteiger partial charge in [-0.05, 0) is 30.4 Å². The van der Waals surface area contributed by atoms with E-state index in [2.05, 4.69) is 15.4 Å². The molecule has 1 atom stereocenters. The monoisotopic (exact) mass is 416 g/mol. The fourth-order valence-electron chi connectivity index (χ4n) is 3.00. The van der Waals surface area contributed by atoms with Crippen molar-refractivity contribution >= 4 is 17.8 Å². The van der Waals surface area contributed by atoms with Crippen LogP contribution in [0.25, 0.3) is 5.82 Å². The quantitative estimate of drug-likeness (QED) is 0.624. The molecular formula is C21H28N4O5. The van der Waals surface area contributed by atoms with Crippen LogP contribution in [0.4, 0.5) is 0 Å². The summed E-state index contributed by atoms with van der Waals surface area (Å²) in [6.45, 7) is 7.18. The molecule has 0 fully saturated rings. The van der Waals surface area contributed by atoms with Gasteiger partial charge in [-0.1, -0.05) is 33.8 Å². The smallest absolute Gasteiger partial charge is 0.342 e. The van der Waals surface area contributed by atoms with E-state index < -0.39 is 30.5 Å². The molecule has 2 rings (SSSR count). The second kappa shape index (κ2) is 10.5. The maximum Gasteiger partial charge on any atom is 0.342 e. The summed E-state index contributed by atoms with van der Waals surface area (Å²) in [6.07, 6.45) is 3.46. The number of methoxy groups -OCH3 is 1. The maximum atomic E-state index is 12.6. The Morgan fingerprint density at radius 1 is 1.17 bits per heavy atom. The van der Waals surface area contributed by atoms with Crippen LogP contribution in [0, 0.1) is 5.92 Å². The molecule has 0 saturated carbocycles. The third-order valence-electron chi connectivity index (χ3n) is 4.30. The molecule has 0 radical (unpaired) electrons. The first-order chi connectivity index (χ1) is 14.2. The van der Waals surface area contributed by atoms with E-state index in [9.17, 15) is 14.4 Å². The topological polar surface area (TPSA) is 112 Å². The van der Waals surface area contributed by atoms with Crippen LogP contribution in [0.3, 0.4) is 0 Å². The minimum Gasteiger partial charge on any atom is -0.467 e. The first-order valence-corrected chi connectivity index (χ1v) is 9.78. The number of amides is 1. The van der Waals surface area contributed by atoms with Gasteiger partial charge in [0.25, 0.3) is 5.91 Å². The number of hydrogen-bond acceptors (Lipinski definition) is 7. The Balaban J connectivity index is 2.08. The van der Waals surface area contributed by atoms with E-state index in [0.717, 1.165) is 0 Å². The molecular weight excluding hydrogens is 388 g/mol. The van der Waals surface area contributed by atoms with Crippen molar-refractivity contribution in [3.05, 3.63) is 41.9 Å². The molecule has 0 aliphatic carbocycles. The molecule has 1 amide bonds. The van der Waals surface area contributed by atoms with Crippen molar-refractivity contribution in [3.63, 3.8) is 0 Å². The largest absolute Gasteiger partial charge is 0.467 e. The second-order valence-corrected chi connectivity index (χ2v) is 7.55. The van der Waals surface area contributed by atoms with Gasteiger partial charge in [0.2, 0.25) is 0 Å². The second-order valence-electron chi connectivity index (χ2n) is 7.55. The Morgan fingerprint density at radius 2 is 1.90 bits per heavy atom. The van der Waals surface area contributed by atoms with Gasteiger partial charge >= 0.3 is 11.9 Å². The first-order valence-electron chi connectivity index (χ1n) is 9.78. The van der Waals surface area contributed by atoms with E-state index in [1.807, 2.05) is 33.8 Å². The summed E-state index contributed by atoms with van der Waals surface area (Å²) >= 11 is 0. The van der Waals surface area contributed by atoms with E-state index in [4.69, 9.17) is 9.47 Å². The third-order valence-corrected chi connectivity index (χ3v) is 4.30. The van der Waals surface area contributed by atoms with Crippen molar-refractivity contribution in [2.45, 2.75) is 46.1 Å². The number of carbonyl (C=O) groups is 3. The molecule has 2 heterocycles. The van der Waals surface area contributed by atoms with Crippen molar-refractivity contribution in [1.29, 1.82) is 0 Å². The zero-order valence-corrected chi connectivity index (χ0v) is 17.9. The summed E-state index contributed by atoms with van der Waals surface area (Å²) in [5.74, 6) is -1.09. The highest BCUT2D eigenvalue weighted by Crippen LogP contribution is 2.22. The van der Waals surface area contributed by atoms with E-state index >= 15 is 0 Å². The molecule has 9 nitrogen and oxygen atoms in total. The number of nitrogens with zero attached hydrogens (tertiary/aromatic N) is 3. The summed E-state index contributed by atoms with van der Waals surface area (Å²) in [7, 11) is 1.26. The molecule has 0 aromatic carbocycles. The van der Waals surface area contributed by atoms with E-state index in [-0.39, 0.29) is 17.4 Å². The lowest BCUT2D eigenvalue weighted by atomic mass is 10.0. The van der Waals surface area contributed by atoms with E-state index in [1.54, 1.807) is 23.0 Å². The Labute approximate surface area is 175 Å². The Morgan fingerprint density at radius 3 is 2.47 bits per heavy atom. The van der Waals surface area contributed by atoms with Crippen LogP contribution in [-0.2, 0) is 19.1 Å². The number of pyridine rings is 1. The fraction of sp³-hybridized carbons (Fsp3) is 0.476. The van der Waals surface area contributed by atoms with Crippen LogP contribution < -0.4 is 5.32 Å². The molecule has 2 aromatic heterocycles. The SMILES string of the molecule is COC(=O)C(CC(C)C)NC(=O)COC(=O)c1cnn(-c2ccccn2)c1C(C)C. The van der Waals surface area contributed by atoms with Gasteiger partial charge in [0.1, 0.15) is 11.6 Å². The molecule has 162 valence electrons. The highest BCUT2D eigenvalue weighted by atomic mass is 16.5. The summed E-state index contributed by atoms with van der Waals surface area (Å²) in [6, 6.07) is 4.60. The van der Waals surface area contributed by atoms with Gasteiger partial charge in [-0.25, -0.2) is 19.3 Å². The Bertz CT molecular complexity index is 877. The lowest BCUT2D eigenvalue weighted by molar-refractivity contribution is -0.145. The number of ether oxygens (including phenoxy) is 2. The molecule has 1 unspecified atom stereocenters. The third kappa shape index (κ3) is 5.88. The van der Waals surface area contributed by atoms with Gasteiger partial charge < -0.3 is 14.8 Å². The van der Waals surface area contributed by atoms with E-state index in [1.165, 1.54) is 13.3 Å². The van der Waals surface area contributed by atoms with Crippen LogP contribution in [-0.4, -0.2) is 52.4 Å². The van der Waals surface area contributed by atoms with Gasteiger partial charge in [0.15, 0.2) is 12.4 Å². The molecule has 0 bridgehead atoms. The van der Waals surface area contributed by atoms with Gasteiger partial charge in [-0.2, -0.15) is 5.10 Å². The number of rotatable bonds is 9. The van der Waals surface area contributed by atoms with Crippen LogP contribution in [0.1, 0.15) is 56.1 Å². The van der Waals surface area contributed by atoms with Crippen LogP contribution in [0.2, 0.25) is 0 Å². The zero-order valence-electron chi connectivity index (χ0n) is 17.9. The highest BCUT2D eigenvalue weighted by molar-refractivity contribution is 5.93. The van der Waals surface area contributed by atoms with Gasteiger partial charge in [0.05, 0.1) is 19.0 Å². The van der Waals surface area contributed by atoms with Crippen molar-refractivity contribution < 1.29 is 23.9 Å². The number of carbonyl (C=O) groups excluding carboxylic acids is 3. The molecule has 0 aliphatic rings. The highest BCUT2D eigenvalue weighted by Gasteiger charge is 2.25.